The molecule has 1 fully saturated rings. The van der Waals surface area contributed by atoms with Crippen LogP contribution in [0.2, 0.25) is 0 Å². The molecule has 0 aromatic rings. The van der Waals surface area contributed by atoms with Crippen LogP contribution in [0.1, 0.15) is 40.5 Å². The molecule has 0 aromatic heterocycles. The van der Waals surface area contributed by atoms with Gasteiger partial charge >= 0.3 is 11.9 Å². The number of rotatable bonds is 6. The molecule has 6 nitrogen and oxygen atoms in total. The van der Waals surface area contributed by atoms with Gasteiger partial charge in [-0.1, -0.05) is 13.3 Å². The topological polar surface area (TPSA) is 71.1 Å². The summed E-state index contributed by atoms with van der Waals surface area (Å²) in [7, 11) is 0. The summed E-state index contributed by atoms with van der Waals surface area (Å²) in [6.07, 6.45) is -0.730. The second-order valence-corrected chi connectivity index (χ2v) is 4.46. The Morgan fingerprint density at radius 1 is 1.00 bits per heavy atom. The quantitative estimate of drug-likeness (QED) is 0.682. The summed E-state index contributed by atoms with van der Waals surface area (Å²) in [4.78, 5) is 23.6. The molecule has 0 amide bonds. The standard InChI is InChI=1S/C13H22O6/c1-5-8-13(4)18-9(11(14)16-6-2)10(19-13)12(15)17-7-3/h9-10H,5-8H2,1-4H3. The fourth-order valence-corrected chi connectivity index (χ4v) is 2.05. The third kappa shape index (κ3) is 3.91. The van der Waals surface area contributed by atoms with E-state index >= 15 is 0 Å². The van der Waals surface area contributed by atoms with E-state index in [1.165, 1.54) is 0 Å². The maximum absolute atomic E-state index is 11.8. The molecule has 110 valence electrons. The van der Waals surface area contributed by atoms with Crippen LogP contribution in [-0.2, 0) is 28.5 Å². The highest BCUT2D eigenvalue weighted by atomic mass is 16.8. The Kier molecular flexibility index (Phi) is 5.75. The Bertz CT molecular complexity index is 301. The summed E-state index contributed by atoms with van der Waals surface area (Å²) < 4.78 is 21.0. The van der Waals surface area contributed by atoms with E-state index in [4.69, 9.17) is 18.9 Å². The first kappa shape index (κ1) is 15.9. The minimum atomic E-state index is -1.06. The molecule has 1 aliphatic heterocycles. The van der Waals surface area contributed by atoms with E-state index < -0.39 is 29.9 Å². The largest absolute Gasteiger partial charge is 0.464 e. The molecule has 0 radical (unpaired) electrons. The van der Waals surface area contributed by atoms with Gasteiger partial charge in [0.05, 0.1) is 13.2 Å². The Balaban J connectivity index is 2.84. The lowest BCUT2D eigenvalue weighted by Crippen LogP contribution is -2.39. The van der Waals surface area contributed by atoms with Gasteiger partial charge < -0.3 is 18.9 Å². The van der Waals surface area contributed by atoms with Gasteiger partial charge in [-0.3, -0.25) is 0 Å². The lowest BCUT2D eigenvalue weighted by molar-refractivity contribution is -0.183. The predicted molar refractivity (Wildman–Crippen MR) is 66.3 cm³/mol. The van der Waals surface area contributed by atoms with Crippen LogP contribution in [0.4, 0.5) is 0 Å². The van der Waals surface area contributed by atoms with E-state index in [2.05, 4.69) is 0 Å². The Labute approximate surface area is 113 Å². The molecule has 1 saturated heterocycles. The predicted octanol–water partition coefficient (Wildman–Crippen LogP) is 1.41. The van der Waals surface area contributed by atoms with Gasteiger partial charge in [-0.25, -0.2) is 9.59 Å². The first-order valence-corrected chi connectivity index (χ1v) is 6.66. The van der Waals surface area contributed by atoms with Crippen molar-refractivity contribution >= 4 is 11.9 Å². The molecule has 2 unspecified atom stereocenters. The van der Waals surface area contributed by atoms with Crippen molar-refractivity contribution in [2.45, 2.75) is 58.5 Å². The van der Waals surface area contributed by atoms with Gasteiger partial charge in [-0.2, -0.15) is 0 Å². The minimum Gasteiger partial charge on any atom is -0.464 e. The molecule has 6 heteroatoms. The van der Waals surface area contributed by atoms with Crippen LogP contribution in [0.3, 0.4) is 0 Å². The third-order valence-electron chi connectivity index (χ3n) is 2.77. The highest BCUT2D eigenvalue weighted by Crippen LogP contribution is 2.33. The zero-order valence-electron chi connectivity index (χ0n) is 11.9. The highest BCUT2D eigenvalue weighted by Gasteiger charge is 2.52. The molecule has 0 bridgehead atoms. The number of ether oxygens (including phenoxy) is 4. The third-order valence-corrected chi connectivity index (χ3v) is 2.77. The number of carbonyl (C=O) groups is 2. The van der Waals surface area contributed by atoms with Gasteiger partial charge in [0.1, 0.15) is 0 Å². The Morgan fingerprint density at radius 2 is 1.42 bits per heavy atom. The van der Waals surface area contributed by atoms with E-state index in [1.54, 1.807) is 20.8 Å². The first-order chi connectivity index (χ1) is 8.97. The molecule has 0 aliphatic carbocycles. The van der Waals surface area contributed by atoms with Crippen LogP contribution in [-0.4, -0.2) is 43.1 Å². The molecule has 1 heterocycles. The van der Waals surface area contributed by atoms with Crippen molar-refractivity contribution in [3.05, 3.63) is 0 Å². The average Bonchev–Trinajstić information content (AvgIpc) is 2.69. The number of hydrogen-bond donors (Lipinski definition) is 0. The molecule has 0 N–H and O–H groups in total. The van der Waals surface area contributed by atoms with Gasteiger partial charge in [-0.05, 0) is 20.8 Å². The van der Waals surface area contributed by atoms with Crippen LogP contribution in [0.25, 0.3) is 0 Å². The maximum Gasteiger partial charge on any atom is 0.338 e. The molecular weight excluding hydrogens is 252 g/mol. The normalized spacial score (nSPS) is 30.1. The van der Waals surface area contributed by atoms with Crippen LogP contribution in [0.15, 0.2) is 0 Å². The SMILES string of the molecule is CCCC1(C)OC(C(=O)OCC)C(C(=O)OCC)O1. The summed E-state index contributed by atoms with van der Waals surface area (Å²) in [6.45, 7) is 7.51. The van der Waals surface area contributed by atoms with Gasteiger partial charge in [0, 0.05) is 6.42 Å². The fourth-order valence-electron chi connectivity index (χ4n) is 2.05. The molecular formula is C13H22O6. The van der Waals surface area contributed by atoms with E-state index in [0.717, 1.165) is 6.42 Å². The molecule has 19 heavy (non-hydrogen) atoms. The summed E-state index contributed by atoms with van der Waals surface area (Å²) in [5, 5.41) is 0. The van der Waals surface area contributed by atoms with Gasteiger partial charge in [0.25, 0.3) is 0 Å². The zero-order chi connectivity index (χ0) is 14.5. The fraction of sp³-hybridized carbons (Fsp3) is 0.846. The monoisotopic (exact) mass is 274 g/mol. The van der Waals surface area contributed by atoms with Gasteiger partial charge in [0.2, 0.25) is 0 Å². The number of carbonyl (C=O) groups excluding carboxylic acids is 2. The zero-order valence-corrected chi connectivity index (χ0v) is 11.9. The van der Waals surface area contributed by atoms with Crippen LogP contribution in [0, 0.1) is 0 Å². The molecule has 2 atom stereocenters. The smallest absolute Gasteiger partial charge is 0.338 e. The van der Waals surface area contributed by atoms with Crippen molar-refractivity contribution in [1.82, 2.24) is 0 Å². The summed E-state index contributed by atoms with van der Waals surface area (Å²) in [6, 6.07) is 0. The Hall–Kier alpha value is -1.14. The van der Waals surface area contributed by atoms with Crippen LogP contribution < -0.4 is 0 Å². The van der Waals surface area contributed by atoms with Crippen molar-refractivity contribution in [3.8, 4) is 0 Å². The lowest BCUT2D eigenvalue weighted by atomic mass is 10.2. The maximum atomic E-state index is 11.8. The summed E-state index contributed by atoms with van der Waals surface area (Å²) in [5.74, 6) is -2.15. The second-order valence-electron chi connectivity index (χ2n) is 4.46. The summed E-state index contributed by atoms with van der Waals surface area (Å²) >= 11 is 0. The van der Waals surface area contributed by atoms with Crippen molar-refractivity contribution in [1.29, 1.82) is 0 Å². The van der Waals surface area contributed by atoms with Crippen molar-refractivity contribution < 1.29 is 28.5 Å². The number of hydrogen-bond acceptors (Lipinski definition) is 6. The van der Waals surface area contributed by atoms with E-state index in [1.807, 2.05) is 6.92 Å². The molecule has 0 aromatic carbocycles. The van der Waals surface area contributed by atoms with E-state index in [0.29, 0.717) is 6.42 Å². The first-order valence-electron chi connectivity index (χ1n) is 6.66. The van der Waals surface area contributed by atoms with Gasteiger partial charge in [-0.15, -0.1) is 0 Å². The van der Waals surface area contributed by atoms with Gasteiger partial charge in [0.15, 0.2) is 18.0 Å². The van der Waals surface area contributed by atoms with E-state index in [-0.39, 0.29) is 13.2 Å². The van der Waals surface area contributed by atoms with Crippen LogP contribution in [0.5, 0.6) is 0 Å². The van der Waals surface area contributed by atoms with Crippen LogP contribution >= 0.6 is 0 Å². The minimum absolute atomic E-state index is 0.221. The van der Waals surface area contributed by atoms with E-state index in [9.17, 15) is 9.59 Å². The second kappa shape index (κ2) is 6.86. The average molecular weight is 274 g/mol. The Morgan fingerprint density at radius 3 is 1.74 bits per heavy atom. The van der Waals surface area contributed by atoms with Crippen molar-refractivity contribution in [3.63, 3.8) is 0 Å². The molecule has 1 rings (SSSR count). The molecule has 1 aliphatic rings. The lowest BCUT2D eigenvalue weighted by Gasteiger charge is -2.22. The molecule has 0 saturated carbocycles. The highest BCUT2D eigenvalue weighted by molar-refractivity contribution is 5.86. The van der Waals surface area contributed by atoms with Crippen molar-refractivity contribution in [2.75, 3.05) is 13.2 Å². The number of esters is 2. The molecule has 0 spiro atoms. The summed E-state index contributed by atoms with van der Waals surface area (Å²) in [5.41, 5.74) is 0. The van der Waals surface area contributed by atoms with Crippen molar-refractivity contribution in [2.24, 2.45) is 0 Å².